The Morgan fingerprint density at radius 1 is 1.03 bits per heavy atom. The molecule has 0 aromatic heterocycles. The zero-order chi connectivity index (χ0) is 20.3. The lowest BCUT2D eigenvalue weighted by molar-refractivity contribution is -0.0969. The topological polar surface area (TPSA) is 72.9 Å². The molecule has 0 radical (unpaired) electrons. The summed E-state index contributed by atoms with van der Waals surface area (Å²) in [6.07, 6.45) is 1.65. The highest BCUT2D eigenvalue weighted by Gasteiger charge is 2.33. The summed E-state index contributed by atoms with van der Waals surface area (Å²) in [5.74, 6) is -0.0340. The lowest BCUT2D eigenvalue weighted by Crippen LogP contribution is -2.43. The summed E-state index contributed by atoms with van der Waals surface area (Å²) in [7, 11) is -3.46. The second-order valence-electron chi connectivity index (χ2n) is 7.54. The van der Waals surface area contributed by atoms with Crippen molar-refractivity contribution in [2.24, 2.45) is 5.92 Å². The number of hydrogen-bond acceptors (Lipinski definition) is 5. The van der Waals surface area contributed by atoms with Crippen molar-refractivity contribution in [1.29, 1.82) is 0 Å². The maximum absolute atomic E-state index is 13.0. The van der Waals surface area contributed by atoms with Gasteiger partial charge >= 0.3 is 0 Å². The fourth-order valence-corrected chi connectivity index (χ4v) is 5.33. The summed E-state index contributed by atoms with van der Waals surface area (Å²) < 4.78 is 36.5. The van der Waals surface area contributed by atoms with Crippen molar-refractivity contribution in [2.45, 2.75) is 29.8 Å². The van der Waals surface area contributed by atoms with E-state index in [2.05, 4.69) is 0 Å². The predicted octanol–water partition coefficient (Wildman–Crippen LogP) is 2.89. The first-order valence-electron chi connectivity index (χ1n) is 9.92. The van der Waals surface area contributed by atoms with Crippen LogP contribution in [0.15, 0.2) is 59.5 Å². The molecule has 0 saturated carbocycles. The van der Waals surface area contributed by atoms with Crippen LogP contribution in [0.1, 0.15) is 28.8 Å². The van der Waals surface area contributed by atoms with Gasteiger partial charge in [-0.15, -0.1) is 0 Å². The molecule has 2 fully saturated rings. The lowest BCUT2D eigenvalue weighted by Gasteiger charge is -2.34. The van der Waals surface area contributed by atoms with E-state index in [1.54, 1.807) is 54.6 Å². The highest BCUT2D eigenvalue weighted by molar-refractivity contribution is 7.90. The average Bonchev–Trinajstić information content (AvgIpc) is 3.29. The monoisotopic (exact) mass is 415 g/mol. The van der Waals surface area contributed by atoms with Gasteiger partial charge in [0.15, 0.2) is 16.1 Å². The third-order valence-electron chi connectivity index (χ3n) is 5.41. The van der Waals surface area contributed by atoms with Crippen molar-refractivity contribution in [3.63, 3.8) is 0 Å². The van der Waals surface area contributed by atoms with Gasteiger partial charge in [-0.2, -0.15) is 0 Å². The molecule has 0 N–H and O–H groups in total. The molecule has 4 rings (SSSR count). The smallest absolute Gasteiger partial charge is 0.253 e. The van der Waals surface area contributed by atoms with Crippen LogP contribution in [0.3, 0.4) is 0 Å². The number of likely N-dealkylation sites (tertiary alicyclic amines) is 1. The van der Waals surface area contributed by atoms with Crippen LogP contribution in [-0.4, -0.2) is 51.8 Å². The van der Waals surface area contributed by atoms with Crippen LogP contribution in [0.25, 0.3) is 0 Å². The van der Waals surface area contributed by atoms with Crippen LogP contribution >= 0.6 is 0 Å². The Morgan fingerprint density at radius 2 is 1.79 bits per heavy atom. The number of ether oxygens (including phenoxy) is 2. The van der Waals surface area contributed by atoms with Crippen molar-refractivity contribution in [2.75, 3.05) is 26.3 Å². The minimum absolute atomic E-state index is 0.0772. The summed E-state index contributed by atoms with van der Waals surface area (Å²) >= 11 is 0. The van der Waals surface area contributed by atoms with Crippen LogP contribution in [0.5, 0.6) is 0 Å². The van der Waals surface area contributed by atoms with Crippen molar-refractivity contribution in [1.82, 2.24) is 4.90 Å². The van der Waals surface area contributed by atoms with E-state index < -0.39 is 9.84 Å². The number of amides is 1. The minimum atomic E-state index is -3.46. The second-order valence-corrected chi connectivity index (χ2v) is 9.53. The third-order valence-corrected chi connectivity index (χ3v) is 7.11. The van der Waals surface area contributed by atoms with Gasteiger partial charge in [0, 0.05) is 24.6 Å². The number of rotatable bonds is 5. The Labute approximate surface area is 171 Å². The SMILES string of the molecule is O=C(c1cccc(CS(=O)(=O)c2ccccc2)c1)N1CCCC(C2OCCO2)C1. The molecule has 2 aliphatic heterocycles. The van der Waals surface area contributed by atoms with E-state index in [4.69, 9.17) is 9.47 Å². The number of piperidine rings is 1. The van der Waals surface area contributed by atoms with Crippen LogP contribution in [0, 0.1) is 5.92 Å². The lowest BCUT2D eigenvalue weighted by atomic mass is 9.96. The number of hydrogen-bond donors (Lipinski definition) is 0. The maximum Gasteiger partial charge on any atom is 0.253 e. The van der Waals surface area contributed by atoms with Crippen molar-refractivity contribution in [3.05, 3.63) is 65.7 Å². The van der Waals surface area contributed by atoms with E-state index >= 15 is 0 Å². The first-order valence-corrected chi connectivity index (χ1v) is 11.6. The Kier molecular flexibility index (Phi) is 5.99. The average molecular weight is 416 g/mol. The van der Waals surface area contributed by atoms with Gasteiger partial charge < -0.3 is 14.4 Å². The van der Waals surface area contributed by atoms with Crippen LogP contribution < -0.4 is 0 Å². The maximum atomic E-state index is 13.0. The molecular weight excluding hydrogens is 390 g/mol. The molecule has 1 atom stereocenters. The van der Waals surface area contributed by atoms with Gasteiger partial charge in [-0.3, -0.25) is 4.79 Å². The quantitative estimate of drug-likeness (QED) is 0.751. The Bertz CT molecular complexity index is 954. The van der Waals surface area contributed by atoms with Gasteiger partial charge in [-0.25, -0.2) is 8.42 Å². The van der Waals surface area contributed by atoms with Crippen LogP contribution in [0.2, 0.25) is 0 Å². The first kappa shape index (κ1) is 20.1. The molecule has 2 heterocycles. The van der Waals surface area contributed by atoms with Crippen molar-refractivity contribution in [3.8, 4) is 0 Å². The molecule has 154 valence electrons. The summed E-state index contributed by atoms with van der Waals surface area (Å²) in [6, 6.07) is 15.3. The molecule has 7 heteroatoms. The zero-order valence-corrected chi connectivity index (χ0v) is 17.0. The Morgan fingerprint density at radius 3 is 2.55 bits per heavy atom. The van der Waals surface area contributed by atoms with Gasteiger partial charge in [0.05, 0.1) is 23.9 Å². The number of nitrogens with zero attached hydrogens (tertiary/aromatic N) is 1. The molecule has 2 aromatic rings. The van der Waals surface area contributed by atoms with E-state index in [-0.39, 0.29) is 28.8 Å². The van der Waals surface area contributed by atoms with Gasteiger partial charge in [0.1, 0.15) is 0 Å². The van der Waals surface area contributed by atoms with E-state index in [0.29, 0.717) is 37.4 Å². The largest absolute Gasteiger partial charge is 0.350 e. The minimum Gasteiger partial charge on any atom is -0.350 e. The highest BCUT2D eigenvalue weighted by Crippen LogP contribution is 2.26. The van der Waals surface area contributed by atoms with E-state index in [1.807, 2.05) is 4.90 Å². The molecule has 2 aromatic carbocycles. The highest BCUT2D eigenvalue weighted by atomic mass is 32.2. The Balaban J connectivity index is 1.47. The Hall–Kier alpha value is -2.22. The van der Waals surface area contributed by atoms with E-state index in [1.165, 1.54) is 0 Å². The summed E-state index contributed by atoms with van der Waals surface area (Å²) in [6.45, 7) is 2.49. The fraction of sp³-hybridized carbons (Fsp3) is 0.409. The van der Waals surface area contributed by atoms with E-state index in [0.717, 1.165) is 12.8 Å². The zero-order valence-electron chi connectivity index (χ0n) is 16.2. The van der Waals surface area contributed by atoms with Gasteiger partial charge in [-0.1, -0.05) is 30.3 Å². The van der Waals surface area contributed by atoms with Crippen LogP contribution in [0.4, 0.5) is 0 Å². The van der Waals surface area contributed by atoms with Gasteiger partial charge in [0.2, 0.25) is 0 Å². The van der Waals surface area contributed by atoms with Crippen molar-refractivity contribution >= 4 is 15.7 Å². The fourth-order valence-electron chi connectivity index (χ4n) is 3.97. The normalized spacial score (nSPS) is 20.7. The van der Waals surface area contributed by atoms with Crippen LogP contribution in [-0.2, 0) is 25.1 Å². The molecule has 0 spiro atoms. The molecule has 2 aliphatic rings. The summed E-state index contributed by atoms with van der Waals surface area (Å²) in [5, 5.41) is 0. The molecule has 6 nitrogen and oxygen atoms in total. The van der Waals surface area contributed by atoms with Gasteiger partial charge in [0.25, 0.3) is 5.91 Å². The summed E-state index contributed by atoms with van der Waals surface area (Å²) in [4.78, 5) is 15.2. The third kappa shape index (κ3) is 4.69. The molecule has 0 aliphatic carbocycles. The standard InChI is InChI=1S/C22H25NO5S/c24-21(23-11-5-8-19(15-23)22-27-12-13-28-22)18-7-4-6-17(14-18)16-29(25,26)20-9-2-1-3-10-20/h1-4,6-7,9-10,14,19,22H,5,8,11-13,15-16H2. The molecular formula is C22H25NO5S. The molecule has 2 saturated heterocycles. The molecule has 1 unspecified atom stereocenters. The second kappa shape index (κ2) is 8.65. The first-order chi connectivity index (χ1) is 14.0. The van der Waals surface area contributed by atoms with Gasteiger partial charge in [-0.05, 0) is 42.7 Å². The number of carbonyl (C=O) groups is 1. The molecule has 0 bridgehead atoms. The van der Waals surface area contributed by atoms with E-state index in [9.17, 15) is 13.2 Å². The number of carbonyl (C=O) groups excluding carboxylic acids is 1. The summed E-state index contributed by atoms with van der Waals surface area (Å²) in [5.41, 5.74) is 1.12. The predicted molar refractivity (Wildman–Crippen MR) is 108 cm³/mol. The molecule has 1 amide bonds. The van der Waals surface area contributed by atoms with Crippen molar-refractivity contribution < 1.29 is 22.7 Å². The molecule has 29 heavy (non-hydrogen) atoms. The number of benzene rings is 2. The number of sulfone groups is 1.